The number of likely N-dealkylation sites (tertiary alicyclic amines) is 1. The number of hydrogen-bond acceptors (Lipinski definition) is 6. The first-order valence-corrected chi connectivity index (χ1v) is 10.2. The molecule has 0 saturated carbocycles. The van der Waals surface area contributed by atoms with Crippen molar-refractivity contribution in [2.75, 3.05) is 64.3 Å². The summed E-state index contributed by atoms with van der Waals surface area (Å²) in [5, 5.41) is 3.48. The Morgan fingerprint density at radius 2 is 1.97 bits per heavy atom. The fourth-order valence-electron chi connectivity index (χ4n) is 3.90. The van der Waals surface area contributed by atoms with Gasteiger partial charge in [0, 0.05) is 58.7 Å². The van der Waals surface area contributed by atoms with E-state index in [-0.39, 0.29) is 35.8 Å². The van der Waals surface area contributed by atoms with Crippen LogP contribution in [0.1, 0.15) is 19.3 Å². The van der Waals surface area contributed by atoms with Gasteiger partial charge in [0.2, 0.25) is 11.9 Å². The minimum atomic E-state index is -0.164. The molecule has 162 valence electrons. The SMILES string of the molecule is CN=C(NCCCN1CCCC(C(N)=O)C1)N1CCN(c2ncccn2)CC1.I. The van der Waals surface area contributed by atoms with E-state index in [4.69, 9.17) is 5.73 Å². The van der Waals surface area contributed by atoms with Crippen LogP contribution in [0, 0.1) is 5.92 Å². The van der Waals surface area contributed by atoms with Gasteiger partial charge in [-0.05, 0) is 38.4 Å². The van der Waals surface area contributed by atoms with Crippen molar-refractivity contribution >= 4 is 41.8 Å². The second-order valence-electron chi connectivity index (χ2n) is 7.39. The van der Waals surface area contributed by atoms with Crippen LogP contribution in [0.3, 0.4) is 0 Å². The number of aliphatic imine (C=N–C) groups is 1. The van der Waals surface area contributed by atoms with Crippen LogP contribution in [-0.2, 0) is 4.79 Å². The minimum absolute atomic E-state index is 0. The highest BCUT2D eigenvalue weighted by Gasteiger charge is 2.24. The number of nitrogens with two attached hydrogens (primary N) is 1. The molecule has 3 rings (SSSR count). The van der Waals surface area contributed by atoms with Crippen molar-refractivity contribution in [3.05, 3.63) is 18.5 Å². The number of halogens is 1. The zero-order chi connectivity index (χ0) is 19.8. The molecule has 2 aliphatic heterocycles. The molecule has 0 aromatic carbocycles. The van der Waals surface area contributed by atoms with Gasteiger partial charge in [-0.15, -0.1) is 24.0 Å². The van der Waals surface area contributed by atoms with Gasteiger partial charge in [0.25, 0.3) is 0 Å². The Labute approximate surface area is 190 Å². The van der Waals surface area contributed by atoms with Gasteiger partial charge in [0.1, 0.15) is 0 Å². The fourth-order valence-corrected chi connectivity index (χ4v) is 3.90. The number of anilines is 1. The molecule has 1 amide bonds. The molecule has 1 unspecified atom stereocenters. The van der Waals surface area contributed by atoms with E-state index in [2.05, 4.69) is 35.0 Å². The third kappa shape index (κ3) is 6.95. The molecular weight excluding hydrogens is 483 g/mol. The lowest BCUT2D eigenvalue weighted by atomic mass is 9.97. The first kappa shape index (κ1) is 23.6. The van der Waals surface area contributed by atoms with Gasteiger partial charge in [0.05, 0.1) is 5.92 Å². The Hall–Kier alpha value is -1.69. The van der Waals surface area contributed by atoms with Crippen LogP contribution in [0.15, 0.2) is 23.5 Å². The summed E-state index contributed by atoms with van der Waals surface area (Å²) >= 11 is 0. The number of amides is 1. The Morgan fingerprint density at radius 3 is 2.62 bits per heavy atom. The van der Waals surface area contributed by atoms with Crippen LogP contribution >= 0.6 is 24.0 Å². The predicted octanol–water partition coefficient (Wildman–Crippen LogP) is 0.379. The van der Waals surface area contributed by atoms with E-state index >= 15 is 0 Å². The monoisotopic (exact) mass is 516 g/mol. The summed E-state index contributed by atoms with van der Waals surface area (Å²) in [6.45, 7) is 7.25. The molecule has 1 aromatic rings. The van der Waals surface area contributed by atoms with Gasteiger partial charge in [-0.1, -0.05) is 0 Å². The third-order valence-electron chi connectivity index (χ3n) is 5.47. The first-order chi connectivity index (χ1) is 13.7. The van der Waals surface area contributed by atoms with Gasteiger partial charge in [-0.25, -0.2) is 9.97 Å². The highest BCUT2D eigenvalue weighted by atomic mass is 127. The Morgan fingerprint density at radius 1 is 1.24 bits per heavy atom. The van der Waals surface area contributed by atoms with E-state index in [1.165, 1.54) is 0 Å². The molecule has 29 heavy (non-hydrogen) atoms. The number of piperidine rings is 1. The number of rotatable bonds is 6. The number of nitrogens with one attached hydrogen (secondary N) is 1. The number of hydrogen-bond donors (Lipinski definition) is 2. The highest BCUT2D eigenvalue weighted by Crippen LogP contribution is 2.16. The Bertz CT molecular complexity index is 651. The molecule has 1 aromatic heterocycles. The van der Waals surface area contributed by atoms with Crippen LogP contribution in [0.2, 0.25) is 0 Å². The van der Waals surface area contributed by atoms with Crippen molar-refractivity contribution < 1.29 is 4.79 Å². The molecule has 3 heterocycles. The van der Waals surface area contributed by atoms with E-state index in [1.54, 1.807) is 12.4 Å². The Balaban J connectivity index is 0.00000300. The molecule has 9 nitrogen and oxygen atoms in total. The smallest absolute Gasteiger partial charge is 0.225 e. The standard InChI is InChI=1S/C19H32N8O.HI/c1-21-18(22-8-4-10-25-9-2-5-16(15-25)17(20)28)26-11-13-27(14-12-26)19-23-6-3-7-24-19;/h3,6-7,16H,2,4-5,8-15H2,1H3,(H2,20,28)(H,21,22);1H. The van der Waals surface area contributed by atoms with Crippen LogP contribution < -0.4 is 16.0 Å². The van der Waals surface area contributed by atoms with Crippen molar-refractivity contribution in [1.82, 2.24) is 25.1 Å². The quantitative estimate of drug-likeness (QED) is 0.244. The largest absolute Gasteiger partial charge is 0.369 e. The number of carbonyl (C=O) groups is 1. The van der Waals surface area contributed by atoms with Gasteiger partial charge in [0.15, 0.2) is 5.96 Å². The van der Waals surface area contributed by atoms with Gasteiger partial charge < -0.3 is 25.8 Å². The molecule has 1 atom stereocenters. The van der Waals surface area contributed by atoms with Crippen LogP contribution in [0.25, 0.3) is 0 Å². The lowest BCUT2D eigenvalue weighted by Gasteiger charge is -2.36. The zero-order valence-electron chi connectivity index (χ0n) is 17.2. The lowest BCUT2D eigenvalue weighted by Crippen LogP contribution is -2.53. The number of primary amides is 1. The Kier molecular flexibility index (Phi) is 9.85. The molecule has 2 saturated heterocycles. The summed E-state index contributed by atoms with van der Waals surface area (Å²) in [7, 11) is 1.83. The van der Waals surface area contributed by atoms with E-state index < -0.39 is 0 Å². The van der Waals surface area contributed by atoms with E-state index in [0.717, 1.165) is 83.5 Å². The second kappa shape index (κ2) is 12.1. The molecule has 3 N–H and O–H groups in total. The molecule has 2 fully saturated rings. The number of nitrogens with zero attached hydrogens (tertiary/aromatic N) is 6. The number of piperazine rings is 1. The molecule has 2 aliphatic rings. The number of guanidine groups is 1. The van der Waals surface area contributed by atoms with Crippen molar-refractivity contribution in [2.24, 2.45) is 16.6 Å². The predicted molar refractivity (Wildman–Crippen MR) is 126 cm³/mol. The minimum Gasteiger partial charge on any atom is -0.369 e. The average molecular weight is 516 g/mol. The summed E-state index contributed by atoms with van der Waals surface area (Å²) in [6.07, 6.45) is 6.56. The molecule has 0 spiro atoms. The maximum atomic E-state index is 11.4. The molecule has 0 bridgehead atoms. The summed E-state index contributed by atoms with van der Waals surface area (Å²) in [6, 6.07) is 1.84. The second-order valence-corrected chi connectivity index (χ2v) is 7.39. The topological polar surface area (TPSA) is 103 Å². The van der Waals surface area contributed by atoms with Crippen LogP contribution in [0.4, 0.5) is 5.95 Å². The maximum absolute atomic E-state index is 11.4. The van der Waals surface area contributed by atoms with Crippen LogP contribution in [0.5, 0.6) is 0 Å². The molecule has 0 radical (unpaired) electrons. The van der Waals surface area contributed by atoms with E-state index in [1.807, 2.05) is 13.1 Å². The van der Waals surface area contributed by atoms with Crippen molar-refractivity contribution in [3.8, 4) is 0 Å². The van der Waals surface area contributed by atoms with Crippen molar-refractivity contribution in [2.45, 2.75) is 19.3 Å². The van der Waals surface area contributed by atoms with Crippen molar-refractivity contribution in [1.29, 1.82) is 0 Å². The fraction of sp³-hybridized carbons (Fsp3) is 0.684. The first-order valence-electron chi connectivity index (χ1n) is 10.2. The summed E-state index contributed by atoms with van der Waals surface area (Å²) < 4.78 is 0. The number of aromatic nitrogens is 2. The van der Waals surface area contributed by atoms with Crippen molar-refractivity contribution in [3.63, 3.8) is 0 Å². The summed E-state index contributed by atoms with van der Waals surface area (Å²) in [4.78, 5) is 31.3. The van der Waals surface area contributed by atoms with E-state index in [9.17, 15) is 4.79 Å². The highest BCUT2D eigenvalue weighted by molar-refractivity contribution is 14.0. The van der Waals surface area contributed by atoms with Gasteiger partial charge in [-0.2, -0.15) is 0 Å². The molecular formula is C19H33IN8O. The number of carbonyl (C=O) groups excluding carboxylic acids is 1. The summed E-state index contributed by atoms with van der Waals surface area (Å²) in [5.74, 6) is 1.59. The zero-order valence-corrected chi connectivity index (χ0v) is 19.5. The lowest BCUT2D eigenvalue weighted by molar-refractivity contribution is -0.123. The summed E-state index contributed by atoms with van der Waals surface area (Å²) in [5.41, 5.74) is 5.46. The third-order valence-corrected chi connectivity index (χ3v) is 5.47. The average Bonchev–Trinajstić information content (AvgIpc) is 2.75. The maximum Gasteiger partial charge on any atom is 0.225 e. The van der Waals surface area contributed by atoms with Crippen LogP contribution in [-0.4, -0.2) is 91.0 Å². The molecule has 0 aliphatic carbocycles. The van der Waals surface area contributed by atoms with E-state index in [0.29, 0.717) is 0 Å². The molecule has 10 heteroatoms. The van der Waals surface area contributed by atoms with Gasteiger partial charge in [-0.3, -0.25) is 9.79 Å². The normalized spacial score (nSPS) is 20.9. The van der Waals surface area contributed by atoms with Gasteiger partial charge >= 0.3 is 0 Å².